The molecule has 5 nitrogen and oxygen atoms in total. The van der Waals surface area contributed by atoms with Gasteiger partial charge in [-0.15, -0.1) is 11.3 Å². The van der Waals surface area contributed by atoms with E-state index in [1.807, 2.05) is 54.8 Å². The average Bonchev–Trinajstić information content (AvgIpc) is 3.38. The topological polar surface area (TPSA) is 66.8 Å². The fourth-order valence-electron chi connectivity index (χ4n) is 4.35. The fraction of sp³-hybridized carbons (Fsp3) is 0.111. The molecule has 1 amide bonds. The highest BCUT2D eigenvalue weighted by molar-refractivity contribution is 7.10. The zero-order chi connectivity index (χ0) is 23.1. The summed E-state index contributed by atoms with van der Waals surface area (Å²) in [5, 5.41) is 15.2. The van der Waals surface area contributed by atoms with Gasteiger partial charge in [0, 0.05) is 22.2 Å². The number of rotatable bonds is 4. The molecule has 2 heterocycles. The highest BCUT2D eigenvalue weighted by atomic mass is 32.1. The van der Waals surface area contributed by atoms with E-state index in [2.05, 4.69) is 0 Å². The summed E-state index contributed by atoms with van der Waals surface area (Å²) in [7, 11) is 1.55. The predicted molar refractivity (Wildman–Crippen MR) is 131 cm³/mol. The molecule has 3 aromatic carbocycles. The standard InChI is InChI=1S/C27H21NO4S/c1-16-13-14-33-26(16)23-22(24(29)21-12-5-8-17-7-3-4-11-20(17)21)25(30)27(31)28(23)18-9-6-10-19(15-18)32-2/h3-15,23,29H,1-2H3/b24-22+. The molecule has 1 atom stereocenters. The van der Waals surface area contributed by atoms with Crippen LogP contribution < -0.4 is 9.64 Å². The monoisotopic (exact) mass is 455 g/mol. The summed E-state index contributed by atoms with van der Waals surface area (Å²) in [6.07, 6.45) is 0. The SMILES string of the molecule is COc1cccc(N2C(=O)C(=O)/C(=C(/O)c3cccc4ccccc34)C2c2sccc2C)c1. The van der Waals surface area contributed by atoms with E-state index in [0.29, 0.717) is 17.0 Å². The first-order chi connectivity index (χ1) is 16.0. The van der Waals surface area contributed by atoms with E-state index in [1.165, 1.54) is 16.2 Å². The second-order valence-corrected chi connectivity index (χ2v) is 8.81. The molecule has 1 N–H and O–H groups in total. The van der Waals surface area contributed by atoms with Gasteiger partial charge in [-0.2, -0.15) is 0 Å². The van der Waals surface area contributed by atoms with Gasteiger partial charge in [0.2, 0.25) is 0 Å². The maximum atomic E-state index is 13.4. The van der Waals surface area contributed by atoms with Crippen LogP contribution in [0.15, 0.2) is 83.7 Å². The maximum Gasteiger partial charge on any atom is 0.300 e. The van der Waals surface area contributed by atoms with Crippen LogP contribution in [0.2, 0.25) is 0 Å². The summed E-state index contributed by atoms with van der Waals surface area (Å²) in [5.41, 5.74) is 2.09. The number of aryl methyl sites for hydroxylation is 1. The largest absolute Gasteiger partial charge is 0.507 e. The number of aliphatic hydroxyl groups excluding tert-OH is 1. The molecule has 33 heavy (non-hydrogen) atoms. The Morgan fingerprint density at radius 1 is 1.00 bits per heavy atom. The van der Waals surface area contributed by atoms with Gasteiger partial charge in [0.05, 0.1) is 12.7 Å². The van der Waals surface area contributed by atoms with Gasteiger partial charge < -0.3 is 9.84 Å². The lowest BCUT2D eigenvalue weighted by Crippen LogP contribution is -2.29. The fourth-order valence-corrected chi connectivity index (χ4v) is 5.37. The molecule has 1 aliphatic heterocycles. The summed E-state index contributed by atoms with van der Waals surface area (Å²) >= 11 is 1.46. The van der Waals surface area contributed by atoms with E-state index in [9.17, 15) is 14.7 Å². The number of ether oxygens (including phenoxy) is 1. The number of amides is 1. The second-order valence-electron chi connectivity index (χ2n) is 7.87. The van der Waals surface area contributed by atoms with Gasteiger partial charge in [-0.05, 0) is 46.8 Å². The number of carbonyl (C=O) groups is 2. The number of methoxy groups -OCH3 is 1. The Hall–Kier alpha value is -3.90. The maximum absolute atomic E-state index is 13.4. The van der Waals surface area contributed by atoms with Gasteiger partial charge >= 0.3 is 0 Å². The molecule has 0 radical (unpaired) electrons. The Kier molecular flexibility index (Phi) is 5.23. The van der Waals surface area contributed by atoms with Gasteiger partial charge in [0.15, 0.2) is 0 Å². The van der Waals surface area contributed by atoms with Crippen LogP contribution in [0.25, 0.3) is 16.5 Å². The van der Waals surface area contributed by atoms with Crippen molar-refractivity contribution in [2.75, 3.05) is 12.0 Å². The molecular weight excluding hydrogens is 434 g/mol. The van der Waals surface area contributed by atoms with Crippen LogP contribution in [-0.4, -0.2) is 23.9 Å². The summed E-state index contributed by atoms with van der Waals surface area (Å²) in [6, 6.07) is 21.4. The molecule has 0 spiro atoms. The summed E-state index contributed by atoms with van der Waals surface area (Å²) < 4.78 is 5.34. The Balaban J connectivity index is 1.78. The number of ketones is 1. The molecule has 5 rings (SSSR count). The van der Waals surface area contributed by atoms with Crippen molar-refractivity contribution in [3.05, 3.63) is 99.8 Å². The smallest absolute Gasteiger partial charge is 0.300 e. The van der Waals surface area contributed by atoms with Gasteiger partial charge in [-0.1, -0.05) is 48.5 Å². The lowest BCUT2D eigenvalue weighted by molar-refractivity contribution is -0.132. The molecular formula is C27H21NO4S. The Labute approximate surface area is 195 Å². The van der Waals surface area contributed by atoms with Crippen LogP contribution in [0.3, 0.4) is 0 Å². The Bertz CT molecular complexity index is 1430. The van der Waals surface area contributed by atoms with Crippen LogP contribution in [0, 0.1) is 6.92 Å². The zero-order valence-electron chi connectivity index (χ0n) is 18.1. The normalized spacial score (nSPS) is 17.6. The number of nitrogens with zero attached hydrogens (tertiary/aromatic N) is 1. The molecule has 1 unspecified atom stereocenters. The van der Waals surface area contributed by atoms with Crippen molar-refractivity contribution in [3.8, 4) is 5.75 Å². The lowest BCUT2D eigenvalue weighted by Gasteiger charge is -2.25. The number of fused-ring (bicyclic) bond motifs is 1. The van der Waals surface area contributed by atoms with Crippen LogP contribution in [0.5, 0.6) is 5.75 Å². The lowest BCUT2D eigenvalue weighted by atomic mass is 9.95. The molecule has 1 aromatic heterocycles. The number of anilines is 1. The molecule has 1 fully saturated rings. The number of thiophene rings is 1. The third-order valence-corrected chi connectivity index (χ3v) is 7.04. The van der Waals surface area contributed by atoms with E-state index in [1.54, 1.807) is 37.4 Å². The molecule has 0 saturated carbocycles. The molecule has 6 heteroatoms. The highest BCUT2D eigenvalue weighted by Crippen LogP contribution is 2.45. The molecule has 1 aliphatic rings. The second kappa shape index (κ2) is 8.22. The van der Waals surface area contributed by atoms with Crippen molar-refractivity contribution in [3.63, 3.8) is 0 Å². The number of benzene rings is 3. The minimum absolute atomic E-state index is 0.0877. The van der Waals surface area contributed by atoms with E-state index in [-0.39, 0.29) is 11.3 Å². The third-order valence-electron chi connectivity index (χ3n) is 5.97. The molecule has 0 bridgehead atoms. The van der Waals surface area contributed by atoms with Crippen LogP contribution in [-0.2, 0) is 9.59 Å². The Morgan fingerprint density at radius 2 is 1.76 bits per heavy atom. The number of carbonyl (C=O) groups excluding carboxylic acids is 2. The first-order valence-electron chi connectivity index (χ1n) is 10.5. The molecule has 4 aromatic rings. The zero-order valence-corrected chi connectivity index (χ0v) is 18.9. The minimum Gasteiger partial charge on any atom is -0.507 e. The Morgan fingerprint density at radius 3 is 2.52 bits per heavy atom. The number of aliphatic hydroxyl groups is 1. The quantitative estimate of drug-likeness (QED) is 0.238. The molecule has 1 saturated heterocycles. The minimum atomic E-state index is -0.740. The van der Waals surface area contributed by atoms with Crippen LogP contribution in [0.4, 0.5) is 5.69 Å². The number of Topliss-reactive ketones (excluding diaryl/α,β-unsaturated/α-hetero) is 1. The molecule has 164 valence electrons. The third kappa shape index (κ3) is 3.39. The van der Waals surface area contributed by atoms with Crippen LogP contribution in [0.1, 0.15) is 22.0 Å². The number of hydrogen-bond donors (Lipinski definition) is 1. The summed E-state index contributed by atoms with van der Waals surface area (Å²) in [5.74, 6) is -0.984. The van der Waals surface area contributed by atoms with Crippen molar-refractivity contribution in [2.24, 2.45) is 0 Å². The van der Waals surface area contributed by atoms with Crippen molar-refractivity contribution < 1.29 is 19.4 Å². The highest BCUT2D eigenvalue weighted by Gasteiger charge is 2.48. The van der Waals surface area contributed by atoms with Crippen molar-refractivity contribution in [2.45, 2.75) is 13.0 Å². The van der Waals surface area contributed by atoms with Gasteiger partial charge in [0.1, 0.15) is 17.6 Å². The first kappa shape index (κ1) is 21.0. The predicted octanol–water partition coefficient (Wildman–Crippen LogP) is 5.84. The van der Waals surface area contributed by atoms with E-state index in [0.717, 1.165) is 21.2 Å². The van der Waals surface area contributed by atoms with Crippen molar-refractivity contribution in [1.29, 1.82) is 0 Å². The van der Waals surface area contributed by atoms with E-state index in [4.69, 9.17) is 4.74 Å². The van der Waals surface area contributed by atoms with Gasteiger partial charge in [-0.3, -0.25) is 14.5 Å². The van der Waals surface area contributed by atoms with Gasteiger partial charge in [0.25, 0.3) is 11.7 Å². The average molecular weight is 456 g/mol. The van der Waals surface area contributed by atoms with E-state index >= 15 is 0 Å². The number of hydrogen-bond acceptors (Lipinski definition) is 5. The first-order valence-corrected chi connectivity index (χ1v) is 11.4. The van der Waals surface area contributed by atoms with Crippen molar-refractivity contribution >= 4 is 45.2 Å². The van der Waals surface area contributed by atoms with Gasteiger partial charge in [-0.25, -0.2) is 0 Å². The summed E-state index contributed by atoms with van der Waals surface area (Å²) in [4.78, 5) is 29.0. The molecule has 0 aliphatic carbocycles. The van der Waals surface area contributed by atoms with E-state index < -0.39 is 17.7 Å². The van der Waals surface area contributed by atoms with Crippen molar-refractivity contribution in [1.82, 2.24) is 0 Å². The van der Waals surface area contributed by atoms with Crippen LogP contribution >= 0.6 is 11.3 Å². The summed E-state index contributed by atoms with van der Waals surface area (Å²) in [6.45, 7) is 1.94.